The summed E-state index contributed by atoms with van der Waals surface area (Å²) >= 11 is 1.65. The number of aromatic nitrogens is 5. The van der Waals surface area contributed by atoms with Crippen molar-refractivity contribution in [2.24, 2.45) is 0 Å². The fourth-order valence-electron chi connectivity index (χ4n) is 2.69. The fraction of sp³-hybridized carbons (Fsp3) is 0.429. The minimum absolute atomic E-state index is 0.814. The maximum atomic E-state index is 4.65. The van der Waals surface area contributed by atoms with Gasteiger partial charge in [0.15, 0.2) is 0 Å². The summed E-state index contributed by atoms with van der Waals surface area (Å²) < 4.78 is 1.87. The molecule has 0 spiro atoms. The normalized spacial score (nSPS) is 16.2. The second-order valence-electron chi connectivity index (χ2n) is 5.37. The van der Waals surface area contributed by atoms with Gasteiger partial charge in [0.05, 0.1) is 11.9 Å². The maximum absolute atomic E-state index is 4.65. The van der Waals surface area contributed by atoms with Gasteiger partial charge in [-0.15, -0.1) is 5.10 Å². The van der Waals surface area contributed by atoms with Crippen LogP contribution in [0.15, 0.2) is 24.7 Å². The number of aryl methyl sites for hydroxylation is 1. The van der Waals surface area contributed by atoms with Gasteiger partial charge in [-0.25, -0.2) is 19.5 Å². The number of fused-ring (bicyclic) bond motifs is 1. The molecule has 0 aliphatic carbocycles. The Morgan fingerprint density at radius 3 is 2.64 bits per heavy atom. The largest absolute Gasteiger partial charge is 0.345 e. The summed E-state index contributed by atoms with van der Waals surface area (Å²) in [6.07, 6.45) is 6.63. The van der Waals surface area contributed by atoms with E-state index >= 15 is 0 Å². The van der Waals surface area contributed by atoms with Gasteiger partial charge in [-0.3, -0.25) is 0 Å². The Kier molecular flexibility index (Phi) is 3.38. The Morgan fingerprint density at radius 1 is 1.05 bits per heavy atom. The summed E-state index contributed by atoms with van der Waals surface area (Å²) in [7, 11) is 0. The molecule has 0 radical (unpaired) electrons. The molecule has 1 saturated heterocycles. The van der Waals surface area contributed by atoms with Gasteiger partial charge in [0.1, 0.15) is 0 Å². The molecule has 0 amide bonds. The summed E-state index contributed by atoms with van der Waals surface area (Å²) in [5.74, 6) is 0.814. The van der Waals surface area contributed by atoms with Crippen molar-refractivity contribution in [1.29, 1.82) is 0 Å². The van der Waals surface area contributed by atoms with Gasteiger partial charge in [-0.2, -0.15) is 0 Å². The quantitative estimate of drug-likeness (QED) is 0.716. The zero-order chi connectivity index (χ0) is 14.9. The molecule has 8 heteroatoms. The number of anilines is 2. The lowest BCUT2D eigenvalue weighted by molar-refractivity contribution is 0.781. The van der Waals surface area contributed by atoms with Crippen molar-refractivity contribution in [2.45, 2.75) is 13.3 Å². The Labute approximate surface area is 132 Å². The highest BCUT2D eigenvalue weighted by Crippen LogP contribution is 2.24. The van der Waals surface area contributed by atoms with E-state index in [1.54, 1.807) is 23.7 Å². The highest BCUT2D eigenvalue weighted by molar-refractivity contribution is 7.20. The molecule has 0 saturated carbocycles. The Morgan fingerprint density at radius 2 is 1.82 bits per heavy atom. The lowest BCUT2D eigenvalue weighted by atomic mass is 10.4. The number of imidazole rings is 1. The first kappa shape index (κ1) is 13.4. The number of hydrogen-bond acceptors (Lipinski definition) is 7. The van der Waals surface area contributed by atoms with Crippen LogP contribution in [0.4, 0.5) is 11.1 Å². The Balaban J connectivity index is 1.51. The molecule has 0 bridgehead atoms. The van der Waals surface area contributed by atoms with Crippen LogP contribution in [0, 0.1) is 6.92 Å². The van der Waals surface area contributed by atoms with Crippen LogP contribution in [0.5, 0.6) is 0 Å². The van der Waals surface area contributed by atoms with Crippen LogP contribution in [0.3, 0.4) is 0 Å². The Bertz CT molecular complexity index is 734. The van der Waals surface area contributed by atoms with Gasteiger partial charge in [0.25, 0.3) is 0 Å². The molecule has 0 atom stereocenters. The molecule has 0 aromatic carbocycles. The summed E-state index contributed by atoms with van der Waals surface area (Å²) in [5, 5.41) is 5.69. The molecule has 4 heterocycles. The highest BCUT2D eigenvalue weighted by atomic mass is 32.1. The van der Waals surface area contributed by atoms with E-state index in [1.807, 2.05) is 23.7 Å². The van der Waals surface area contributed by atoms with E-state index in [4.69, 9.17) is 0 Å². The zero-order valence-corrected chi connectivity index (χ0v) is 13.2. The van der Waals surface area contributed by atoms with Crippen LogP contribution in [0.1, 0.15) is 12.1 Å². The van der Waals surface area contributed by atoms with Gasteiger partial charge >= 0.3 is 0 Å². The second kappa shape index (κ2) is 5.53. The molecule has 0 N–H and O–H groups in total. The SMILES string of the molecule is Cc1cn2nc(N3CCCN(c4ncccn4)CC3)sc2n1. The van der Waals surface area contributed by atoms with Crippen LogP contribution < -0.4 is 9.80 Å². The first-order valence-electron chi connectivity index (χ1n) is 7.39. The fourth-order valence-corrected chi connectivity index (χ4v) is 3.67. The van der Waals surface area contributed by atoms with Crippen LogP contribution in [0.2, 0.25) is 0 Å². The van der Waals surface area contributed by atoms with Crippen molar-refractivity contribution < 1.29 is 0 Å². The zero-order valence-electron chi connectivity index (χ0n) is 12.4. The lowest BCUT2D eigenvalue weighted by Crippen LogP contribution is -2.31. The smallest absolute Gasteiger partial charge is 0.225 e. The Hall–Kier alpha value is -2.22. The molecule has 0 unspecified atom stereocenters. The molecule has 22 heavy (non-hydrogen) atoms. The summed E-state index contributed by atoms with van der Waals surface area (Å²) in [6.45, 7) is 5.80. The van der Waals surface area contributed by atoms with E-state index in [0.717, 1.165) is 54.3 Å². The van der Waals surface area contributed by atoms with Gasteiger partial charge in [0.2, 0.25) is 16.0 Å². The molecule has 3 aromatic rings. The molecule has 1 aliphatic heterocycles. The van der Waals surface area contributed by atoms with Crippen LogP contribution >= 0.6 is 11.3 Å². The van der Waals surface area contributed by atoms with E-state index in [2.05, 4.69) is 29.9 Å². The predicted molar refractivity (Wildman–Crippen MR) is 86.7 cm³/mol. The first-order chi connectivity index (χ1) is 10.8. The van der Waals surface area contributed by atoms with Crippen molar-refractivity contribution in [2.75, 3.05) is 36.0 Å². The standard InChI is InChI=1S/C14H17N7S/c1-11-10-21-13(17-11)22-14(18-21)20-7-3-6-19(8-9-20)12-15-4-2-5-16-12/h2,4-5,10H,3,6-9H2,1H3. The predicted octanol–water partition coefficient (Wildman–Crippen LogP) is 1.61. The molecular formula is C14H17N7S. The highest BCUT2D eigenvalue weighted by Gasteiger charge is 2.19. The molecule has 114 valence electrons. The number of nitrogens with zero attached hydrogens (tertiary/aromatic N) is 7. The molecule has 1 fully saturated rings. The lowest BCUT2D eigenvalue weighted by Gasteiger charge is -2.21. The molecule has 4 rings (SSSR count). The van der Waals surface area contributed by atoms with Gasteiger partial charge < -0.3 is 9.80 Å². The third-order valence-electron chi connectivity index (χ3n) is 3.75. The summed E-state index contributed by atoms with van der Waals surface area (Å²) in [5.41, 5.74) is 1.01. The van der Waals surface area contributed by atoms with Gasteiger partial charge in [0, 0.05) is 38.6 Å². The minimum Gasteiger partial charge on any atom is -0.345 e. The summed E-state index contributed by atoms with van der Waals surface area (Å²) in [6, 6.07) is 1.85. The average Bonchev–Trinajstić information content (AvgIpc) is 2.95. The van der Waals surface area contributed by atoms with E-state index in [1.165, 1.54) is 0 Å². The van der Waals surface area contributed by atoms with Crippen molar-refractivity contribution in [3.63, 3.8) is 0 Å². The van der Waals surface area contributed by atoms with Crippen LogP contribution in [-0.4, -0.2) is 50.7 Å². The van der Waals surface area contributed by atoms with E-state index < -0.39 is 0 Å². The van der Waals surface area contributed by atoms with E-state index in [9.17, 15) is 0 Å². The minimum atomic E-state index is 0.814. The van der Waals surface area contributed by atoms with Crippen molar-refractivity contribution in [3.05, 3.63) is 30.4 Å². The molecular weight excluding hydrogens is 298 g/mol. The van der Waals surface area contributed by atoms with Crippen molar-refractivity contribution in [1.82, 2.24) is 24.6 Å². The van der Waals surface area contributed by atoms with E-state index in [-0.39, 0.29) is 0 Å². The van der Waals surface area contributed by atoms with Gasteiger partial charge in [-0.05, 0) is 19.4 Å². The van der Waals surface area contributed by atoms with Crippen molar-refractivity contribution in [3.8, 4) is 0 Å². The van der Waals surface area contributed by atoms with Crippen LogP contribution in [0.25, 0.3) is 4.96 Å². The van der Waals surface area contributed by atoms with E-state index in [0.29, 0.717) is 0 Å². The van der Waals surface area contributed by atoms with Crippen molar-refractivity contribution >= 4 is 27.4 Å². The number of rotatable bonds is 2. The average molecular weight is 315 g/mol. The molecule has 7 nitrogen and oxygen atoms in total. The number of hydrogen-bond donors (Lipinski definition) is 0. The van der Waals surface area contributed by atoms with Gasteiger partial charge in [-0.1, -0.05) is 11.3 Å². The maximum Gasteiger partial charge on any atom is 0.225 e. The van der Waals surface area contributed by atoms with Crippen LogP contribution in [-0.2, 0) is 0 Å². The molecule has 1 aliphatic rings. The monoisotopic (exact) mass is 315 g/mol. The summed E-state index contributed by atoms with van der Waals surface area (Å²) in [4.78, 5) is 18.7. The topological polar surface area (TPSA) is 62.5 Å². The third-order valence-corrected chi connectivity index (χ3v) is 4.74. The molecule has 3 aromatic heterocycles. The third kappa shape index (κ3) is 2.50. The first-order valence-corrected chi connectivity index (χ1v) is 8.21. The second-order valence-corrected chi connectivity index (χ2v) is 6.30.